The first-order chi connectivity index (χ1) is 9.37. The number of nitrogens with zero attached hydrogens (tertiary/aromatic N) is 3. The van der Waals surface area contributed by atoms with Crippen LogP contribution in [-0.2, 0) is 9.84 Å². The first-order valence-corrected chi connectivity index (χ1v) is 9.22. The van der Waals surface area contributed by atoms with Gasteiger partial charge in [-0.2, -0.15) is 0 Å². The molecule has 6 nitrogen and oxygen atoms in total. The van der Waals surface area contributed by atoms with Crippen LogP contribution < -0.4 is 5.73 Å². The fourth-order valence-corrected chi connectivity index (χ4v) is 5.32. The zero-order valence-electron chi connectivity index (χ0n) is 12.7. The maximum absolute atomic E-state index is 11.8. The number of piperazine rings is 1. The minimum Gasteiger partial charge on any atom is -0.329 e. The van der Waals surface area contributed by atoms with Gasteiger partial charge in [-0.05, 0) is 20.5 Å². The standard InChI is InChI=1S/C13H28N4O2S/c1-15(2)4-5-16-6-8-17(9-7-16)13(11-14)3-10-20(18,19)12-13/h3-12,14H2,1-2H3. The van der Waals surface area contributed by atoms with Crippen LogP contribution >= 0.6 is 0 Å². The van der Waals surface area contributed by atoms with Gasteiger partial charge in [-0.15, -0.1) is 0 Å². The van der Waals surface area contributed by atoms with Crippen LogP contribution in [0.3, 0.4) is 0 Å². The highest BCUT2D eigenvalue weighted by Crippen LogP contribution is 2.29. The van der Waals surface area contributed by atoms with E-state index in [4.69, 9.17) is 5.73 Å². The van der Waals surface area contributed by atoms with Gasteiger partial charge < -0.3 is 10.6 Å². The molecule has 7 heteroatoms. The average Bonchev–Trinajstić information content (AvgIpc) is 2.74. The van der Waals surface area contributed by atoms with Crippen LogP contribution in [0.1, 0.15) is 6.42 Å². The van der Waals surface area contributed by atoms with E-state index in [2.05, 4.69) is 28.8 Å². The normalized spacial score (nSPS) is 32.0. The topological polar surface area (TPSA) is 69.9 Å². The van der Waals surface area contributed by atoms with E-state index in [1.807, 2.05) is 0 Å². The van der Waals surface area contributed by atoms with Crippen molar-refractivity contribution in [3.8, 4) is 0 Å². The number of likely N-dealkylation sites (N-methyl/N-ethyl adjacent to an activating group) is 1. The third kappa shape index (κ3) is 3.71. The Labute approximate surface area is 122 Å². The lowest BCUT2D eigenvalue weighted by Crippen LogP contribution is -2.61. The molecule has 1 atom stereocenters. The molecule has 2 rings (SSSR count). The molecule has 0 aromatic heterocycles. The molecule has 2 aliphatic rings. The van der Waals surface area contributed by atoms with Gasteiger partial charge in [-0.25, -0.2) is 8.42 Å². The molecule has 2 N–H and O–H groups in total. The monoisotopic (exact) mass is 304 g/mol. The summed E-state index contributed by atoms with van der Waals surface area (Å²) < 4.78 is 23.6. The predicted octanol–water partition coefficient (Wildman–Crippen LogP) is -1.32. The Hall–Kier alpha value is -0.210. The first kappa shape index (κ1) is 16.2. The van der Waals surface area contributed by atoms with Crippen molar-refractivity contribution in [1.82, 2.24) is 14.7 Å². The number of rotatable bonds is 5. The Kier molecular flexibility index (Phi) is 5.07. The van der Waals surface area contributed by atoms with Crippen LogP contribution in [0.15, 0.2) is 0 Å². The predicted molar refractivity (Wildman–Crippen MR) is 81.6 cm³/mol. The van der Waals surface area contributed by atoms with Gasteiger partial charge in [0.25, 0.3) is 0 Å². The Bertz CT molecular complexity index is 418. The Balaban J connectivity index is 1.89. The van der Waals surface area contributed by atoms with Crippen molar-refractivity contribution in [1.29, 1.82) is 0 Å². The molecule has 2 aliphatic heterocycles. The lowest BCUT2D eigenvalue weighted by Gasteiger charge is -2.45. The van der Waals surface area contributed by atoms with Gasteiger partial charge in [0.05, 0.1) is 11.5 Å². The lowest BCUT2D eigenvalue weighted by atomic mass is 9.95. The summed E-state index contributed by atoms with van der Waals surface area (Å²) in [5.74, 6) is 0.541. The highest BCUT2D eigenvalue weighted by Gasteiger charge is 2.46. The minimum absolute atomic E-state index is 0.244. The van der Waals surface area contributed by atoms with Crippen molar-refractivity contribution in [3.05, 3.63) is 0 Å². The Morgan fingerprint density at radius 2 is 1.85 bits per heavy atom. The SMILES string of the molecule is CN(C)CCN1CCN(C2(CN)CCS(=O)(=O)C2)CC1. The third-order valence-corrected chi connectivity index (χ3v) is 6.46. The van der Waals surface area contributed by atoms with E-state index in [0.717, 1.165) is 39.3 Å². The molecule has 0 aliphatic carbocycles. The van der Waals surface area contributed by atoms with E-state index >= 15 is 0 Å². The summed E-state index contributed by atoms with van der Waals surface area (Å²) in [7, 11) is 1.28. The van der Waals surface area contributed by atoms with Crippen LogP contribution in [0.4, 0.5) is 0 Å². The second-order valence-electron chi connectivity index (χ2n) is 6.40. The zero-order valence-corrected chi connectivity index (χ0v) is 13.5. The number of nitrogens with two attached hydrogens (primary N) is 1. The van der Waals surface area contributed by atoms with Crippen molar-refractivity contribution in [2.24, 2.45) is 5.73 Å². The molecule has 118 valence electrons. The highest BCUT2D eigenvalue weighted by atomic mass is 32.2. The molecule has 0 radical (unpaired) electrons. The molecule has 0 amide bonds. The fraction of sp³-hybridized carbons (Fsp3) is 1.00. The van der Waals surface area contributed by atoms with E-state index < -0.39 is 9.84 Å². The van der Waals surface area contributed by atoms with Crippen LogP contribution in [0.2, 0.25) is 0 Å². The van der Waals surface area contributed by atoms with Crippen LogP contribution in [0.25, 0.3) is 0 Å². The van der Waals surface area contributed by atoms with E-state index in [-0.39, 0.29) is 11.3 Å². The quantitative estimate of drug-likeness (QED) is 0.679. The smallest absolute Gasteiger partial charge is 0.152 e. The van der Waals surface area contributed by atoms with Gasteiger partial charge in [0.15, 0.2) is 9.84 Å². The summed E-state index contributed by atoms with van der Waals surface area (Å²) in [6.45, 7) is 6.47. The summed E-state index contributed by atoms with van der Waals surface area (Å²) in [5, 5.41) is 0. The molecule has 0 aromatic carbocycles. The summed E-state index contributed by atoms with van der Waals surface area (Å²) in [4.78, 5) is 6.96. The van der Waals surface area contributed by atoms with Gasteiger partial charge in [0.2, 0.25) is 0 Å². The molecule has 2 heterocycles. The maximum atomic E-state index is 11.8. The van der Waals surface area contributed by atoms with Crippen molar-refractivity contribution in [2.45, 2.75) is 12.0 Å². The number of sulfone groups is 1. The molecule has 20 heavy (non-hydrogen) atoms. The molecule has 2 saturated heterocycles. The molecule has 1 unspecified atom stereocenters. The molecule has 2 fully saturated rings. The third-order valence-electron chi connectivity index (χ3n) is 4.65. The average molecular weight is 304 g/mol. The van der Waals surface area contributed by atoms with Crippen molar-refractivity contribution in [3.63, 3.8) is 0 Å². The second-order valence-corrected chi connectivity index (χ2v) is 8.59. The number of hydrogen-bond donors (Lipinski definition) is 1. The van der Waals surface area contributed by atoms with Crippen molar-refractivity contribution < 1.29 is 8.42 Å². The summed E-state index contributed by atoms with van der Waals surface area (Å²) >= 11 is 0. The first-order valence-electron chi connectivity index (χ1n) is 7.39. The highest BCUT2D eigenvalue weighted by molar-refractivity contribution is 7.91. The largest absolute Gasteiger partial charge is 0.329 e. The van der Waals surface area contributed by atoms with Gasteiger partial charge in [-0.3, -0.25) is 9.80 Å². The molecule has 0 saturated carbocycles. The minimum atomic E-state index is -2.89. The lowest BCUT2D eigenvalue weighted by molar-refractivity contribution is 0.0483. The van der Waals surface area contributed by atoms with E-state index in [1.165, 1.54) is 0 Å². The number of hydrogen-bond acceptors (Lipinski definition) is 6. The van der Waals surface area contributed by atoms with Crippen LogP contribution in [0, 0.1) is 0 Å². The van der Waals surface area contributed by atoms with E-state index in [0.29, 0.717) is 18.7 Å². The molecule has 0 aromatic rings. The molecular formula is C13H28N4O2S. The maximum Gasteiger partial charge on any atom is 0.152 e. The van der Waals surface area contributed by atoms with Gasteiger partial charge >= 0.3 is 0 Å². The fourth-order valence-electron chi connectivity index (χ4n) is 3.23. The van der Waals surface area contributed by atoms with Crippen LogP contribution in [-0.4, -0.2) is 100 Å². The van der Waals surface area contributed by atoms with Gasteiger partial charge in [0, 0.05) is 51.4 Å². The molecular weight excluding hydrogens is 276 g/mol. The van der Waals surface area contributed by atoms with E-state index in [1.54, 1.807) is 0 Å². The Morgan fingerprint density at radius 1 is 1.20 bits per heavy atom. The zero-order chi connectivity index (χ0) is 14.8. The van der Waals surface area contributed by atoms with E-state index in [9.17, 15) is 8.42 Å². The molecule has 0 spiro atoms. The summed E-state index contributed by atoms with van der Waals surface area (Å²) in [5.41, 5.74) is 5.63. The summed E-state index contributed by atoms with van der Waals surface area (Å²) in [6, 6.07) is 0. The van der Waals surface area contributed by atoms with Crippen molar-refractivity contribution in [2.75, 3.05) is 71.4 Å². The van der Waals surface area contributed by atoms with Crippen molar-refractivity contribution >= 4 is 9.84 Å². The van der Waals surface area contributed by atoms with Gasteiger partial charge in [-0.1, -0.05) is 0 Å². The molecule has 0 bridgehead atoms. The Morgan fingerprint density at radius 3 is 2.30 bits per heavy atom. The summed E-state index contributed by atoms with van der Waals surface area (Å²) in [6.07, 6.45) is 0.698. The van der Waals surface area contributed by atoms with Crippen LogP contribution in [0.5, 0.6) is 0 Å². The van der Waals surface area contributed by atoms with Gasteiger partial charge in [0.1, 0.15) is 0 Å². The second kappa shape index (κ2) is 6.27.